The van der Waals surface area contributed by atoms with Crippen molar-refractivity contribution in [1.29, 1.82) is 5.26 Å². The van der Waals surface area contributed by atoms with Gasteiger partial charge in [-0.25, -0.2) is 4.98 Å². The van der Waals surface area contributed by atoms with Gasteiger partial charge in [0.1, 0.15) is 17.4 Å². The van der Waals surface area contributed by atoms with Crippen LogP contribution in [0.4, 0.5) is 0 Å². The Labute approximate surface area is 146 Å². The van der Waals surface area contributed by atoms with E-state index in [2.05, 4.69) is 25.9 Å². The van der Waals surface area contributed by atoms with Crippen LogP contribution in [0.25, 0.3) is 16.6 Å². The standard InChI is InChI=1S/C17H12BrN3OS/c18-11-5-7-12(8-6-11)23-10-16(22)13(9-19)17-20-14-3-1-2-4-15(14)21-17/h1-8,22H,10H2,(H,20,21)/b16-13-. The molecular formula is C17H12BrN3OS. The summed E-state index contributed by atoms with van der Waals surface area (Å²) in [5.74, 6) is 0.712. The van der Waals surface area contributed by atoms with Crippen molar-refractivity contribution in [2.75, 3.05) is 5.75 Å². The molecule has 0 unspecified atom stereocenters. The summed E-state index contributed by atoms with van der Waals surface area (Å²) in [6.45, 7) is 0. The molecule has 0 saturated carbocycles. The third-order valence-electron chi connectivity index (χ3n) is 3.22. The molecule has 0 fully saturated rings. The fourth-order valence-corrected chi connectivity index (χ4v) is 3.12. The molecule has 0 radical (unpaired) electrons. The Kier molecular flexibility index (Phi) is 4.70. The summed E-state index contributed by atoms with van der Waals surface area (Å²) in [6.07, 6.45) is 0. The minimum atomic E-state index is 0.0134. The summed E-state index contributed by atoms with van der Waals surface area (Å²) < 4.78 is 1.00. The number of aromatic nitrogens is 2. The van der Waals surface area contributed by atoms with Gasteiger partial charge in [-0.3, -0.25) is 0 Å². The Morgan fingerprint density at radius 3 is 2.65 bits per heavy atom. The zero-order valence-corrected chi connectivity index (χ0v) is 14.4. The third kappa shape index (κ3) is 3.58. The molecule has 3 rings (SSSR count). The number of aliphatic hydroxyl groups excluding tert-OH is 1. The number of nitriles is 1. The molecule has 114 valence electrons. The van der Waals surface area contributed by atoms with E-state index in [1.54, 1.807) is 0 Å². The van der Waals surface area contributed by atoms with Gasteiger partial charge in [0.05, 0.1) is 16.8 Å². The van der Waals surface area contributed by atoms with E-state index in [0.29, 0.717) is 11.6 Å². The van der Waals surface area contributed by atoms with Crippen LogP contribution in [0.15, 0.2) is 63.7 Å². The van der Waals surface area contributed by atoms with Crippen LogP contribution in [0.5, 0.6) is 0 Å². The number of rotatable bonds is 4. The molecule has 6 heteroatoms. The van der Waals surface area contributed by atoms with Crippen molar-refractivity contribution >= 4 is 44.3 Å². The zero-order valence-electron chi connectivity index (χ0n) is 12.0. The molecule has 0 saturated heterocycles. The van der Waals surface area contributed by atoms with E-state index in [4.69, 9.17) is 0 Å². The lowest BCUT2D eigenvalue weighted by Crippen LogP contribution is -1.95. The molecule has 23 heavy (non-hydrogen) atoms. The predicted octanol–water partition coefficient (Wildman–Crippen LogP) is 4.91. The Morgan fingerprint density at radius 1 is 1.22 bits per heavy atom. The number of H-pyrrole nitrogens is 1. The number of imidazole rings is 1. The lowest BCUT2D eigenvalue weighted by Gasteiger charge is -2.03. The van der Waals surface area contributed by atoms with Crippen LogP contribution in [0.1, 0.15) is 5.82 Å². The number of nitrogens with zero attached hydrogens (tertiary/aromatic N) is 2. The second kappa shape index (κ2) is 6.90. The fourth-order valence-electron chi connectivity index (χ4n) is 2.08. The van der Waals surface area contributed by atoms with E-state index in [0.717, 1.165) is 20.4 Å². The van der Waals surface area contributed by atoms with E-state index in [1.165, 1.54) is 11.8 Å². The van der Waals surface area contributed by atoms with Crippen molar-refractivity contribution in [3.05, 3.63) is 64.6 Å². The number of aliphatic hydroxyl groups is 1. The molecule has 0 aliphatic rings. The highest BCUT2D eigenvalue weighted by atomic mass is 79.9. The van der Waals surface area contributed by atoms with Gasteiger partial charge in [0.15, 0.2) is 5.82 Å². The summed E-state index contributed by atoms with van der Waals surface area (Å²) >= 11 is 4.84. The highest BCUT2D eigenvalue weighted by molar-refractivity contribution is 9.10. The summed E-state index contributed by atoms with van der Waals surface area (Å²) in [6, 6.07) is 17.3. The minimum Gasteiger partial charge on any atom is -0.510 e. The number of thioether (sulfide) groups is 1. The smallest absolute Gasteiger partial charge is 0.152 e. The SMILES string of the molecule is N#C/C(=C(/O)CSc1ccc(Br)cc1)c1nc2ccccc2[nH]1. The zero-order chi connectivity index (χ0) is 16.2. The Balaban J connectivity index is 1.84. The predicted molar refractivity (Wildman–Crippen MR) is 96.1 cm³/mol. The van der Waals surface area contributed by atoms with Crippen LogP contribution in [0, 0.1) is 11.3 Å². The maximum Gasteiger partial charge on any atom is 0.152 e. The molecule has 3 aromatic rings. The first-order chi connectivity index (χ1) is 11.2. The highest BCUT2D eigenvalue weighted by Crippen LogP contribution is 2.25. The molecule has 0 spiro atoms. The van der Waals surface area contributed by atoms with E-state index in [-0.39, 0.29) is 11.3 Å². The molecular weight excluding hydrogens is 374 g/mol. The van der Waals surface area contributed by atoms with Crippen LogP contribution in [-0.4, -0.2) is 20.8 Å². The highest BCUT2D eigenvalue weighted by Gasteiger charge is 2.13. The van der Waals surface area contributed by atoms with Crippen LogP contribution in [0.2, 0.25) is 0 Å². The van der Waals surface area contributed by atoms with Gasteiger partial charge in [-0.2, -0.15) is 5.26 Å². The molecule has 0 amide bonds. The van der Waals surface area contributed by atoms with Gasteiger partial charge in [-0.05, 0) is 36.4 Å². The molecule has 2 N–H and O–H groups in total. The molecule has 2 aromatic carbocycles. The summed E-state index contributed by atoms with van der Waals surface area (Å²) in [5.41, 5.74) is 1.78. The van der Waals surface area contributed by atoms with E-state index >= 15 is 0 Å². The summed E-state index contributed by atoms with van der Waals surface area (Å²) in [7, 11) is 0. The number of aromatic amines is 1. The first-order valence-electron chi connectivity index (χ1n) is 6.83. The molecule has 4 nitrogen and oxygen atoms in total. The second-order valence-electron chi connectivity index (χ2n) is 4.78. The molecule has 0 aliphatic heterocycles. The molecule has 1 aromatic heterocycles. The van der Waals surface area contributed by atoms with Crippen molar-refractivity contribution < 1.29 is 5.11 Å². The fraction of sp³-hybridized carbons (Fsp3) is 0.0588. The molecule has 1 heterocycles. The Hall–Kier alpha value is -2.23. The van der Waals surface area contributed by atoms with Crippen LogP contribution >= 0.6 is 27.7 Å². The molecule has 0 atom stereocenters. The lowest BCUT2D eigenvalue weighted by molar-refractivity contribution is 0.420. The van der Waals surface area contributed by atoms with Gasteiger partial charge in [-0.1, -0.05) is 28.1 Å². The number of benzene rings is 2. The van der Waals surface area contributed by atoms with Crippen LogP contribution in [0.3, 0.4) is 0 Å². The van der Waals surface area contributed by atoms with Gasteiger partial charge < -0.3 is 10.1 Å². The van der Waals surface area contributed by atoms with Crippen molar-refractivity contribution in [1.82, 2.24) is 9.97 Å². The Bertz CT molecular complexity index is 876. The average Bonchev–Trinajstić information content (AvgIpc) is 2.98. The first-order valence-corrected chi connectivity index (χ1v) is 8.61. The molecule has 0 bridgehead atoms. The van der Waals surface area contributed by atoms with E-state index in [1.807, 2.05) is 54.6 Å². The van der Waals surface area contributed by atoms with Crippen LogP contribution < -0.4 is 0 Å². The number of halogens is 1. The second-order valence-corrected chi connectivity index (χ2v) is 6.74. The van der Waals surface area contributed by atoms with Gasteiger partial charge >= 0.3 is 0 Å². The maximum absolute atomic E-state index is 10.3. The van der Waals surface area contributed by atoms with Gasteiger partial charge in [0.2, 0.25) is 0 Å². The number of hydrogen-bond donors (Lipinski definition) is 2. The first kappa shape index (κ1) is 15.7. The third-order valence-corrected chi connectivity index (χ3v) is 4.77. The number of allylic oxidation sites excluding steroid dienone is 1. The van der Waals surface area contributed by atoms with Gasteiger partial charge in [-0.15, -0.1) is 11.8 Å². The van der Waals surface area contributed by atoms with Gasteiger partial charge in [0, 0.05) is 9.37 Å². The van der Waals surface area contributed by atoms with Crippen molar-refractivity contribution in [2.24, 2.45) is 0 Å². The number of fused-ring (bicyclic) bond motifs is 1. The number of nitrogens with one attached hydrogen (secondary N) is 1. The largest absolute Gasteiger partial charge is 0.510 e. The summed E-state index contributed by atoms with van der Waals surface area (Å²) in [5, 5.41) is 19.6. The topological polar surface area (TPSA) is 72.7 Å². The van der Waals surface area contributed by atoms with Gasteiger partial charge in [0.25, 0.3) is 0 Å². The van der Waals surface area contributed by atoms with Crippen LogP contribution in [-0.2, 0) is 0 Å². The number of hydrogen-bond acceptors (Lipinski definition) is 4. The van der Waals surface area contributed by atoms with Crippen molar-refractivity contribution in [2.45, 2.75) is 4.90 Å². The molecule has 0 aliphatic carbocycles. The summed E-state index contributed by atoms with van der Waals surface area (Å²) in [4.78, 5) is 8.44. The number of para-hydroxylation sites is 2. The normalized spacial score (nSPS) is 12.0. The minimum absolute atomic E-state index is 0.0134. The van der Waals surface area contributed by atoms with E-state index in [9.17, 15) is 10.4 Å². The van der Waals surface area contributed by atoms with Crippen molar-refractivity contribution in [3.63, 3.8) is 0 Å². The maximum atomic E-state index is 10.3. The Morgan fingerprint density at radius 2 is 1.96 bits per heavy atom. The average molecular weight is 386 g/mol. The monoisotopic (exact) mass is 385 g/mol. The lowest BCUT2D eigenvalue weighted by atomic mass is 10.2. The van der Waals surface area contributed by atoms with Crippen molar-refractivity contribution in [3.8, 4) is 6.07 Å². The van der Waals surface area contributed by atoms with E-state index < -0.39 is 0 Å². The quantitative estimate of drug-likeness (QED) is 0.380.